The van der Waals surface area contributed by atoms with Crippen molar-refractivity contribution in [3.05, 3.63) is 60.0 Å². The molecule has 190 valence electrons. The number of hydrogen-bond donors (Lipinski definition) is 1. The van der Waals surface area contributed by atoms with E-state index in [1.807, 2.05) is 58.4 Å². The van der Waals surface area contributed by atoms with E-state index in [-0.39, 0.29) is 5.91 Å². The van der Waals surface area contributed by atoms with Crippen LogP contribution in [0.25, 0.3) is 11.3 Å². The van der Waals surface area contributed by atoms with Crippen LogP contribution in [0.3, 0.4) is 0 Å². The van der Waals surface area contributed by atoms with Crippen molar-refractivity contribution in [3.63, 3.8) is 0 Å². The smallest absolute Gasteiger partial charge is 0.219 e. The molecule has 0 radical (unpaired) electrons. The molecule has 1 fully saturated rings. The summed E-state index contributed by atoms with van der Waals surface area (Å²) in [5.41, 5.74) is 5.23. The van der Waals surface area contributed by atoms with Crippen LogP contribution in [0.4, 0.5) is 5.69 Å². The van der Waals surface area contributed by atoms with Gasteiger partial charge in [-0.15, -0.1) is 0 Å². The van der Waals surface area contributed by atoms with Crippen LogP contribution in [0.1, 0.15) is 18.2 Å². The molecule has 1 N–H and O–H groups in total. The Balaban J connectivity index is 1.28. The average Bonchev–Trinajstić information content (AvgIpc) is 3.27. The minimum absolute atomic E-state index is 0.0695. The van der Waals surface area contributed by atoms with Crippen molar-refractivity contribution in [2.75, 3.05) is 51.3 Å². The molecule has 1 saturated heterocycles. The van der Waals surface area contributed by atoms with Crippen LogP contribution in [0.2, 0.25) is 0 Å². The van der Waals surface area contributed by atoms with Crippen molar-refractivity contribution in [1.82, 2.24) is 24.6 Å². The summed E-state index contributed by atoms with van der Waals surface area (Å²) in [5.74, 6) is 0.858. The van der Waals surface area contributed by atoms with Crippen molar-refractivity contribution < 1.29 is 14.6 Å². The van der Waals surface area contributed by atoms with Gasteiger partial charge in [-0.05, 0) is 36.4 Å². The molecule has 1 unspecified atom stereocenters. The van der Waals surface area contributed by atoms with Gasteiger partial charge in [0.2, 0.25) is 5.91 Å². The molecule has 0 bridgehead atoms. The summed E-state index contributed by atoms with van der Waals surface area (Å²) in [5, 5.41) is 16.0. The highest BCUT2D eigenvalue weighted by Crippen LogP contribution is 2.31. The number of hydrogen-bond acceptors (Lipinski definition) is 7. The number of aromatic nitrogens is 3. The number of nitrogens with zero attached hydrogens (tertiary/aromatic N) is 6. The molecule has 2 aromatic heterocycles. The van der Waals surface area contributed by atoms with Crippen molar-refractivity contribution in [2.24, 2.45) is 0 Å². The van der Waals surface area contributed by atoms with Gasteiger partial charge in [-0.2, -0.15) is 5.10 Å². The van der Waals surface area contributed by atoms with Gasteiger partial charge in [0, 0.05) is 94.1 Å². The first-order chi connectivity index (χ1) is 17.5. The quantitative estimate of drug-likeness (QED) is 0.542. The van der Waals surface area contributed by atoms with E-state index >= 15 is 0 Å². The Bertz CT molecular complexity index is 1170. The third-order valence-electron chi connectivity index (χ3n) is 7.20. The van der Waals surface area contributed by atoms with E-state index in [9.17, 15) is 9.90 Å². The van der Waals surface area contributed by atoms with Gasteiger partial charge < -0.3 is 19.6 Å². The number of carbonyl (C=O) groups excluding carboxylic acids is 1. The minimum Gasteiger partial charge on any atom is -0.497 e. The van der Waals surface area contributed by atoms with Crippen molar-refractivity contribution in [2.45, 2.75) is 32.5 Å². The maximum Gasteiger partial charge on any atom is 0.219 e. The zero-order valence-electron chi connectivity index (χ0n) is 21.0. The number of aliphatic hydroxyl groups excluding tert-OH is 1. The molecule has 5 rings (SSSR count). The Morgan fingerprint density at radius 3 is 2.42 bits per heavy atom. The van der Waals surface area contributed by atoms with Crippen molar-refractivity contribution in [3.8, 4) is 17.0 Å². The molecule has 4 heterocycles. The SMILES string of the molecule is COc1ccc(-c2nn(CC(O)CN3CCN(c4ccncc4)CC3)c3c2CN(C(C)=O)CC3)cc1. The molecule has 1 amide bonds. The topological polar surface area (TPSA) is 87.0 Å². The number of aliphatic hydroxyl groups is 1. The fraction of sp³-hybridized carbons (Fsp3) is 0.444. The van der Waals surface area contributed by atoms with Gasteiger partial charge in [0.1, 0.15) is 5.75 Å². The fourth-order valence-corrected chi connectivity index (χ4v) is 5.19. The van der Waals surface area contributed by atoms with Crippen molar-refractivity contribution >= 4 is 11.6 Å². The number of rotatable bonds is 7. The lowest BCUT2D eigenvalue weighted by Crippen LogP contribution is -2.49. The predicted octanol–water partition coefficient (Wildman–Crippen LogP) is 2.04. The zero-order chi connectivity index (χ0) is 25.1. The summed E-state index contributed by atoms with van der Waals surface area (Å²) in [6.07, 6.45) is 3.85. The highest BCUT2D eigenvalue weighted by Gasteiger charge is 2.28. The van der Waals surface area contributed by atoms with Gasteiger partial charge in [0.05, 0.1) is 25.5 Å². The van der Waals surface area contributed by atoms with Gasteiger partial charge in [-0.3, -0.25) is 19.4 Å². The Morgan fingerprint density at radius 1 is 1.03 bits per heavy atom. The number of piperazine rings is 1. The normalized spacial score (nSPS) is 17.1. The van der Waals surface area contributed by atoms with E-state index in [4.69, 9.17) is 9.84 Å². The summed E-state index contributed by atoms with van der Waals surface area (Å²) in [6, 6.07) is 11.9. The first-order valence-electron chi connectivity index (χ1n) is 12.6. The number of fused-ring (bicyclic) bond motifs is 1. The molecule has 36 heavy (non-hydrogen) atoms. The number of amides is 1. The summed E-state index contributed by atoms with van der Waals surface area (Å²) < 4.78 is 7.27. The van der Waals surface area contributed by atoms with Crippen molar-refractivity contribution in [1.29, 1.82) is 0 Å². The first-order valence-corrected chi connectivity index (χ1v) is 12.6. The van der Waals surface area contributed by atoms with E-state index in [0.717, 1.165) is 60.9 Å². The first kappa shape index (κ1) is 24.3. The highest BCUT2D eigenvalue weighted by atomic mass is 16.5. The van der Waals surface area contributed by atoms with Crippen LogP contribution in [0.5, 0.6) is 5.75 Å². The summed E-state index contributed by atoms with van der Waals surface area (Å²) in [4.78, 5) is 22.7. The lowest BCUT2D eigenvalue weighted by atomic mass is 10.0. The molecular formula is C27H34N6O3. The second-order valence-corrected chi connectivity index (χ2v) is 9.52. The van der Waals surface area contributed by atoms with Crippen LogP contribution in [0, 0.1) is 0 Å². The lowest BCUT2D eigenvalue weighted by Gasteiger charge is -2.36. The van der Waals surface area contributed by atoms with E-state index in [1.54, 1.807) is 14.0 Å². The number of methoxy groups -OCH3 is 1. The molecule has 0 saturated carbocycles. The van der Waals surface area contributed by atoms with E-state index in [1.165, 1.54) is 5.69 Å². The molecular weight excluding hydrogens is 456 g/mol. The Labute approximate surface area is 211 Å². The van der Waals surface area contributed by atoms with Crippen LogP contribution < -0.4 is 9.64 Å². The van der Waals surface area contributed by atoms with Crippen LogP contribution in [-0.2, 0) is 24.3 Å². The molecule has 9 heteroatoms. The molecule has 2 aliphatic heterocycles. The van der Waals surface area contributed by atoms with Crippen LogP contribution >= 0.6 is 0 Å². The summed E-state index contributed by atoms with van der Waals surface area (Å²) >= 11 is 0. The number of benzene rings is 1. The molecule has 1 aromatic carbocycles. The third-order valence-corrected chi connectivity index (χ3v) is 7.20. The Morgan fingerprint density at radius 2 is 1.75 bits per heavy atom. The Hall–Kier alpha value is -3.43. The summed E-state index contributed by atoms with van der Waals surface area (Å²) in [6.45, 7) is 7.53. The maximum atomic E-state index is 12.1. The largest absolute Gasteiger partial charge is 0.497 e. The lowest BCUT2D eigenvalue weighted by molar-refractivity contribution is -0.129. The zero-order valence-corrected chi connectivity index (χ0v) is 21.0. The monoisotopic (exact) mass is 490 g/mol. The second-order valence-electron chi connectivity index (χ2n) is 9.52. The van der Waals surface area contributed by atoms with Gasteiger partial charge in [-0.25, -0.2) is 0 Å². The number of β-amino-alcohol motifs (C(OH)–C–C–N with tert-alkyl or cyclic N) is 1. The molecule has 9 nitrogen and oxygen atoms in total. The van der Waals surface area contributed by atoms with Crippen LogP contribution in [-0.4, -0.2) is 88.1 Å². The predicted molar refractivity (Wildman–Crippen MR) is 138 cm³/mol. The number of anilines is 1. The standard InChI is InChI=1S/C27H34N6O3/c1-20(34)32-12-9-26-25(19-32)27(21-3-5-24(36-2)6-4-21)29-33(26)18-23(35)17-30-13-15-31(16-14-30)22-7-10-28-11-8-22/h3-8,10-11,23,35H,9,12-19H2,1-2H3. The molecule has 3 aromatic rings. The highest BCUT2D eigenvalue weighted by molar-refractivity contribution is 5.74. The maximum absolute atomic E-state index is 12.1. The third kappa shape index (κ3) is 5.22. The molecule has 0 spiro atoms. The average molecular weight is 491 g/mol. The van der Waals surface area contributed by atoms with Crippen LogP contribution in [0.15, 0.2) is 48.8 Å². The van der Waals surface area contributed by atoms with Gasteiger partial charge in [0.15, 0.2) is 0 Å². The van der Waals surface area contributed by atoms with E-state index in [0.29, 0.717) is 26.2 Å². The number of pyridine rings is 1. The number of carbonyl (C=O) groups is 1. The Kier molecular flexibility index (Phi) is 7.20. The van der Waals surface area contributed by atoms with E-state index < -0.39 is 6.10 Å². The molecule has 0 aliphatic carbocycles. The minimum atomic E-state index is -0.531. The molecule has 2 aliphatic rings. The summed E-state index contributed by atoms with van der Waals surface area (Å²) in [7, 11) is 1.65. The number of ether oxygens (including phenoxy) is 1. The molecule has 1 atom stereocenters. The van der Waals surface area contributed by atoms with Gasteiger partial charge in [0.25, 0.3) is 0 Å². The van der Waals surface area contributed by atoms with Gasteiger partial charge in [-0.1, -0.05) is 0 Å². The van der Waals surface area contributed by atoms with E-state index in [2.05, 4.69) is 14.8 Å². The fourth-order valence-electron chi connectivity index (χ4n) is 5.19. The van der Waals surface area contributed by atoms with Gasteiger partial charge >= 0.3 is 0 Å². The second kappa shape index (κ2) is 10.7.